The number of rotatable bonds is 2. The van der Waals surface area contributed by atoms with E-state index in [1.165, 1.54) is 0 Å². The highest BCUT2D eigenvalue weighted by atomic mass is 79.9. The van der Waals surface area contributed by atoms with Crippen molar-refractivity contribution in [3.63, 3.8) is 0 Å². The zero-order valence-corrected chi connectivity index (χ0v) is 10.4. The Hall–Kier alpha value is -1.14. The largest absolute Gasteiger partial charge is 0.480 e. The monoisotopic (exact) mass is 282 g/mol. The minimum absolute atomic E-state index is 0.252. The number of imidazole rings is 1. The van der Waals surface area contributed by atoms with Crippen LogP contribution in [-0.2, 0) is 5.54 Å². The molecule has 2 heterocycles. The predicted molar refractivity (Wildman–Crippen MR) is 62.3 cm³/mol. The maximum atomic E-state index is 6.15. The van der Waals surface area contributed by atoms with E-state index >= 15 is 0 Å². The van der Waals surface area contributed by atoms with E-state index in [-0.39, 0.29) is 5.54 Å². The summed E-state index contributed by atoms with van der Waals surface area (Å²) in [6.45, 7) is 0. The number of halogens is 1. The van der Waals surface area contributed by atoms with Gasteiger partial charge in [-0.15, -0.1) is 0 Å². The average Bonchev–Trinajstić information content (AvgIpc) is 2.95. The van der Waals surface area contributed by atoms with Crippen molar-refractivity contribution in [3.8, 4) is 5.88 Å². The zero-order valence-electron chi connectivity index (χ0n) is 8.77. The summed E-state index contributed by atoms with van der Waals surface area (Å²) in [6, 6.07) is 0. The van der Waals surface area contributed by atoms with Crippen LogP contribution in [-0.4, -0.2) is 21.5 Å². The van der Waals surface area contributed by atoms with E-state index in [4.69, 9.17) is 10.5 Å². The van der Waals surface area contributed by atoms with Crippen molar-refractivity contribution in [1.82, 2.24) is 14.4 Å². The maximum absolute atomic E-state index is 6.15. The summed E-state index contributed by atoms with van der Waals surface area (Å²) in [7, 11) is 1.59. The van der Waals surface area contributed by atoms with Gasteiger partial charge in [-0.05, 0) is 28.8 Å². The Kier molecular flexibility index (Phi) is 1.99. The SMILES string of the molecule is COc1cn2c(Br)c(C3(N)CC3)nc2cn1. The highest BCUT2D eigenvalue weighted by Crippen LogP contribution is 2.45. The molecule has 1 fully saturated rings. The first-order valence-electron chi connectivity index (χ1n) is 5.01. The molecule has 3 rings (SSSR count). The number of aromatic nitrogens is 3. The van der Waals surface area contributed by atoms with E-state index < -0.39 is 0 Å². The molecule has 84 valence electrons. The number of hydrogen-bond acceptors (Lipinski definition) is 4. The molecule has 2 aromatic rings. The number of methoxy groups -OCH3 is 1. The minimum atomic E-state index is -0.252. The van der Waals surface area contributed by atoms with Gasteiger partial charge in [-0.1, -0.05) is 0 Å². The van der Waals surface area contributed by atoms with Gasteiger partial charge in [-0.2, -0.15) is 0 Å². The Labute approximate surface area is 101 Å². The third-order valence-corrected chi connectivity index (χ3v) is 3.65. The van der Waals surface area contributed by atoms with Gasteiger partial charge in [0.15, 0.2) is 5.65 Å². The summed E-state index contributed by atoms with van der Waals surface area (Å²) >= 11 is 3.53. The number of ether oxygens (including phenoxy) is 1. The van der Waals surface area contributed by atoms with E-state index in [1.807, 2.05) is 4.40 Å². The van der Waals surface area contributed by atoms with Crippen LogP contribution < -0.4 is 10.5 Å². The Bertz CT molecular complexity index is 561. The lowest BCUT2D eigenvalue weighted by molar-refractivity contribution is 0.395. The molecule has 6 heteroatoms. The van der Waals surface area contributed by atoms with Crippen LogP contribution in [0.4, 0.5) is 0 Å². The predicted octanol–water partition coefficient (Wildman–Crippen LogP) is 1.45. The molecule has 1 saturated carbocycles. The molecule has 16 heavy (non-hydrogen) atoms. The molecule has 0 amide bonds. The first kappa shape index (κ1) is 10.0. The molecule has 2 aromatic heterocycles. The molecule has 0 saturated heterocycles. The number of nitrogens with zero attached hydrogens (tertiary/aromatic N) is 3. The van der Waals surface area contributed by atoms with Gasteiger partial charge >= 0.3 is 0 Å². The molecule has 0 radical (unpaired) electrons. The quantitative estimate of drug-likeness (QED) is 0.906. The number of hydrogen-bond donors (Lipinski definition) is 1. The molecule has 1 aliphatic rings. The van der Waals surface area contributed by atoms with Gasteiger partial charge in [0.05, 0.1) is 30.7 Å². The highest BCUT2D eigenvalue weighted by Gasteiger charge is 2.44. The fraction of sp³-hybridized carbons (Fsp3) is 0.400. The van der Waals surface area contributed by atoms with Crippen LogP contribution in [0.3, 0.4) is 0 Å². The van der Waals surface area contributed by atoms with Crippen molar-refractivity contribution in [3.05, 3.63) is 22.7 Å². The van der Waals surface area contributed by atoms with Gasteiger partial charge < -0.3 is 10.5 Å². The molecule has 5 nitrogen and oxygen atoms in total. The molecule has 0 bridgehead atoms. The second kappa shape index (κ2) is 3.18. The molecular weight excluding hydrogens is 272 g/mol. The van der Waals surface area contributed by atoms with Crippen molar-refractivity contribution in [2.45, 2.75) is 18.4 Å². The summed E-state index contributed by atoms with van der Waals surface area (Å²) in [4.78, 5) is 8.61. The van der Waals surface area contributed by atoms with Crippen LogP contribution in [0, 0.1) is 0 Å². The standard InChI is InChI=1S/C10H11BrN4O/c1-16-7-5-15-6(4-13-7)14-8(9(15)11)10(12)2-3-10/h4-5H,2-3,12H2,1H3. The second-order valence-corrected chi connectivity index (χ2v) is 4.82. The first-order valence-corrected chi connectivity index (χ1v) is 5.80. The van der Waals surface area contributed by atoms with Gasteiger partial charge in [0.25, 0.3) is 0 Å². The fourth-order valence-corrected chi connectivity index (χ4v) is 2.47. The lowest BCUT2D eigenvalue weighted by atomic mass is 10.2. The van der Waals surface area contributed by atoms with Gasteiger partial charge in [0, 0.05) is 0 Å². The van der Waals surface area contributed by atoms with Gasteiger partial charge in [-0.3, -0.25) is 4.40 Å². The first-order chi connectivity index (χ1) is 7.64. The van der Waals surface area contributed by atoms with Gasteiger partial charge in [0.2, 0.25) is 5.88 Å². The second-order valence-electron chi connectivity index (χ2n) is 4.07. The van der Waals surface area contributed by atoms with E-state index in [0.29, 0.717) is 5.88 Å². The summed E-state index contributed by atoms with van der Waals surface area (Å²) in [5, 5.41) is 0. The molecule has 0 unspecified atom stereocenters. The van der Waals surface area contributed by atoms with Crippen LogP contribution in [0.15, 0.2) is 17.0 Å². The third-order valence-electron chi connectivity index (χ3n) is 2.90. The molecule has 0 atom stereocenters. The van der Waals surface area contributed by atoms with Crippen LogP contribution >= 0.6 is 15.9 Å². The molecule has 2 N–H and O–H groups in total. The Morgan fingerprint density at radius 1 is 1.56 bits per heavy atom. The van der Waals surface area contributed by atoms with Crippen molar-refractivity contribution in [1.29, 1.82) is 0 Å². The summed E-state index contributed by atoms with van der Waals surface area (Å²) in [5.41, 5.74) is 7.58. The summed E-state index contributed by atoms with van der Waals surface area (Å²) in [5.74, 6) is 0.555. The topological polar surface area (TPSA) is 65.4 Å². The van der Waals surface area contributed by atoms with E-state index in [1.54, 1.807) is 19.5 Å². The van der Waals surface area contributed by atoms with Crippen molar-refractivity contribution >= 4 is 21.6 Å². The Morgan fingerprint density at radius 3 is 2.94 bits per heavy atom. The Morgan fingerprint density at radius 2 is 2.31 bits per heavy atom. The fourth-order valence-electron chi connectivity index (χ4n) is 1.70. The molecule has 0 aromatic carbocycles. The molecular formula is C10H11BrN4O. The highest BCUT2D eigenvalue weighted by molar-refractivity contribution is 9.10. The van der Waals surface area contributed by atoms with Crippen molar-refractivity contribution in [2.24, 2.45) is 5.73 Å². The third kappa shape index (κ3) is 1.33. The van der Waals surface area contributed by atoms with Crippen LogP contribution in [0.25, 0.3) is 5.65 Å². The number of nitrogens with two attached hydrogens (primary N) is 1. The summed E-state index contributed by atoms with van der Waals surface area (Å²) in [6.07, 6.45) is 5.45. The lowest BCUT2D eigenvalue weighted by Gasteiger charge is -2.04. The molecule has 0 spiro atoms. The van der Waals surface area contributed by atoms with E-state index in [0.717, 1.165) is 28.8 Å². The van der Waals surface area contributed by atoms with Gasteiger partial charge in [0.1, 0.15) is 4.60 Å². The van der Waals surface area contributed by atoms with Crippen molar-refractivity contribution in [2.75, 3.05) is 7.11 Å². The number of fused-ring (bicyclic) bond motifs is 1. The van der Waals surface area contributed by atoms with E-state index in [2.05, 4.69) is 25.9 Å². The average molecular weight is 283 g/mol. The van der Waals surface area contributed by atoms with Crippen LogP contribution in [0.1, 0.15) is 18.5 Å². The molecule has 0 aliphatic heterocycles. The normalized spacial score (nSPS) is 17.7. The molecule has 1 aliphatic carbocycles. The van der Waals surface area contributed by atoms with Crippen molar-refractivity contribution < 1.29 is 4.74 Å². The smallest absolute Gasteiger partial charge is 0.230 e. The minimum Gasteiger partial charge on any atom is -0.480 e. The Balaban J connectivity index is 2.23. The van der Waals surface area contributed by atoms with Crippen LogP contribution in [0.2, 0.25) is 0 Å². The van der Waals surface area contributed by atoms with Gasteiger partial charge in [-0.25, -0.2) is 9.97 Å². The maximum Gasteiger partial charge on any atom is 0.230 e. The lowest BCUT2D eigenvalue weighted by Crippen LogP contribution is -2.19. The zero-order chi connectivity index (χ0) is 11.3. The van der Waals surface area contributed by atoms with E-state index in [9.17, 15) is 0 Å². The van der Waals surface area contributed by atoms with Crippen LogP contribution in [0.5, 0.6) is 5.88 Å². The summed E-state index contributed by atoms with van der Waals surface area (Å²) < 4.78 is 7.86.